The molecule has 8 heteroatoms. The van der Waals surface area contributed by atoms with Crippen molar-refractivity contribution >= 4 is 67.4 Å². The smallest absolute Gasteiger partial charge is 0.254 e. The summed E-state index contributed by atoms with van der Waals surface area (Å²) in [5.74, 6) is -0.0284. The van der Waals surface area contributed by atoms with E-state index in [1.807, 2.05) is 23.1 Å². The number of hydrogen-bond donors (Lipinski definition) is 0. The minimum absolute atomic E-state index is 0.0284. The van der Waals surface area contributed by atoms with Crippen molar-refractivity contribution in [3.8, 4) is 0 Å². The van der Waals surface area contributed by atoms with Crippen molar-refractivity contribution in [2.24, 2.45) is 0 Å². The van der Waals surface area contributed by atoms with Gasteiger partial charge in [0.15, 0.2) is 5.13 Å². The molecule has 0 saturated carbocycles. The largest absolute Gasteiger partial charge is 0.345 e. The summed E-state index contributed by atoms with van der Waals surface area (Å²) in [5, 5.41) is 2.52. The molecule has 3 aromatic rings. The number of carbonyl (C=O) groups is 1. The third-order valence-electron chi connectivity index (χ3n) is 4.34. The summed E-state index contributed by atoms with van der Waals surface area (Å²) in [7, 11) is 0. The minimum Gasteiger partial charge on any atom is -0.345 e. The molecular formula is C18H14Cl3N3OS. The lowest BCUT2D eigenvalue weighted by atomic mass is 10.2. The standard InChI is InChI=1S/C18H14Cl3N3OS/c19-12-2-4-15-16(10-12)26-18(22-15)24-7-5-23(6-8-24)17(25)11-1-3-13(20)14(21)9-11/h1-4,9-10H,5-8H2. The molecule has 4 nitrogen and oxygen atoms in total. The van der Waals surface area contributed by atoms with E-state index in [1.54, 1.807) is 29.5 Å². The maximum atomic E-state index is 12.7. The van der Waals surface area contributed by atoms with Crippen LogP contribution in [0.1, 0.15) is 10.4 Å². The number of hydrogen-bond acceptors (Lipinski definition) is 4. The Morgan fingerprint density at radius 1 is 0.962 bits per heavy atom. The first-order valence-corrected chi connectivity index (χ1v) is 10.0. The van der Waals surface area contributed by atoms with Gasteiger partial charge in [-0.15, -0.1) is 0 Å². The Bertz CT molecular complexity index is 983. The van der Waals surface area contributed by atoms with Gasteiger partial charge in [-0.25, -0.2) is 4.98 Å². The zero-order valence-corrected chi connectivity index (χ0v) is 16.7. The summed E-state index contributed by atoms with van der Waals surface area (Å²) in [5.41, 5.74) is 1.51. The highest BCUT2D eigenvalue weighted by Crippen LogP contribution is 2.31. The number of carbonyl (C=O) groups excluding carboxylic acids is 1. The minimum atomic E-state index is -0.0284. The summed E-state index contributed by atoms with van der Waals surface area (Å²) in [4.78, 5) is 21.4. The molecule has 0 N–H and O–H groups in total. The first-order chi connectivity index (χ1) is 12.5. The van der Waals surface area contributed by atoms with E-state index in [2.05, 4.69) is 9.88 Å². The van der Waals surface area contributed by atoms with Crippen LogP contribution in [0.4, 0.5) is 5.13 Å². The highest BCUT2D eigenvalue weighted by molar-refractivity contribution is 7.22. The van der Waals surface area contributed by atoms with Gasteiger partial charge >= 0.3 is 0 Å². The maximum absolute atomic E-state index is 12.7. The van der Waals surface area contributed by atoms with E-state index in [0.717, 1.165) is 28.4 Å². The molecule has 0 spiro atoms. The summed E-state index contributed by atoms with van der Waals surface area (Å²) in [6, 6.07) is 10.7. The molecule has 0 radical (unpaired) electrons. The molecule has 4 rings (SSSR count). The highest BCUT2D eigenvalue weighted by Gasteiger charge is 2.24. The van der Waals surface area contributed by atoms with Gasteiger partial charge in [0, 0.05) is 36.8 Å². The molecule has 1 fully saturated rings. The number of amides is 1. The summed E-state index contributed by atoms with van der Waals surface area (Å²) < 4.78 is 1.07. The van der Waals surface area contributed by atoms with Gasteiger partial charge in [-0.3, -0.25) is 4.79 Å². The second-order valence-electron chi connectivity index (χ2n) is 6.02. The van der Waals surface area contributed by atoms with Crippen LogP contribution in [0.15, 0.2) is 36.4 Å². The van der Waals surface area contributed by atoms with Crippen molar-refractivity contribution in [2.45, 2.75) is 0 Å². The molecule has 2 heterocycles. The van der Waals surface area contributed by atoms with E-state index in [0.29, 0.717) is 33.7 Å². The van der Waals surface area contributed by atoms with Crippen LogP contribution in [0.25, 0.3) is 10.2 Å². The number of benzene rings is 2. The van der Waals surface area contributed by atoms with Gasteiger partial charge in [0.05, 0.1) is 20.3 Å². The topological polar surface area (TPSA) is 36.4 Å². The fourth-order valence-electron chi connectivity index (χ4n) is 2.93. The van der Waals surface area contributed by atoms with E-state index in [4.69, 9.17) is 34.8 Å². The Morgan fingerprint density at radius 2 is 1.73 bits per heavy atom. The molecule has 1 saturated heterocycles. The molecule has 1 amide bonds. The van der Waals surface area contributed by atoms with Crippen molar-refractivity contribution in [3.05, 3.63) is 57.0 Å². The average Bonchev–Trinajstić information content (AvgIpc) is 3.06. The Kier molecular flexibility index (Phi) is 4.97. The fourth-order valence-corrected chi connectivity index (χ4v) is 4.53. The van der Waals surface area contributed by atoms with E-state index >= 15 is 0 Å². The molecule has 26 heavy (non-hydrogen) atoms. The predicted octanol–water partition coefficient (Wildman–Crippen LogP) is 5.22. The fraction of sp³-hybridized carbons (Fsp3) is 0.222. The molecular weight excluding hydrogens is 413 g/mol. The molecule has 134 valence electrons. The average molecular weight is 427 g/mol. The molecule has 1 aliphatic heterocycles. The number of halogens is 3. The van der Waals surface area contributed by atoms with Crippen molar-refractivity contribution < 1.29 is 4.79 Å². The zero-order chi connectivity index (χ0) is 18.3. The summed E-state index contributed by atoms with van der Waals surface area (Å²) in [6.45, 7) is 2.74. The lowest BCUT2D eigenvalue weighted by molar-refractivity contribution is 0.0747. The van der Waals surface area contributed by atoms with E-state index in [-0.39, 0.29) is 5.91 Å². The van der Waals surface area contributed by atoms with Crippen LogP contribution in [0.5, 0.6) is 0 Å². The Hall–Kier alpha value is -1.53. The Labute approximate surface area is 169 Å². The number of thiazole rings is 1. The van der Waals surface area contributed by atoms with Crippen LogP contribution in [-0.4, -0.2) is 42.0 Å². The van der Waals surface area contributed by atoms with Gasteiger partial charge in [0.1, 0.15) is 0 Å². The third-order valence-corrected chi connectivity index (χ3v) is 6.40. The van der Waals surface area contributed by atoms with Crippen molar-refractivity contribution in [1.29, 1.82) is 0 Å². The molecule has 0 bridgehead atoms. The van der Waals surface area contributed by atoms with E-state index in [9.17, 15) is 4.79 Å². The van der Waals surface area contributed by atoms with Crippen LogP contribution >= 0.6 is 46.1 Å². The molecule has 0 aliphatic carbocycles. The van der Waals surface area contributed by atoms with Gasteiger partial charge in [-0.2, -0.15) is 0 Å². The second kappa shape index (κ2) is 7.24. The number of fused-ring (bicyclic) bond motifs is 1. The zero-order valence-electron chi connectivity index (χ0n) is 13.6. The number of anilines is 1. The monoisotopic (exact) mass is 425 g/mol. The molecule has 1 aromatic heterocycles. The normalized spacial score (nSPS) is 14.9. The third kappa shape index (κ3) is 3.49. The number of rotatable bonds is 2. The van der Waals surface area contributed by atoms with E-state index in [1.165, 1.54) is 0 Å². The lowest BCUT2D eigenvalue weighted by Crippen LogP contribution is -2.48. The Balaban J connectivity index is 1.46. The SMILES string of the molecule is O=C(c1ccc(Cl)c(Cl)c1)N1CCN(c2nc3ccc(Cl)cc3s2)CC1. The number of piperazine rings is 1. The summed E-state index contributed by atoms with van der Waals surface area (Å²) in [6.07, 6.45) is 0. The van der Waals surface area contributed by atoms with Crippen molar-refractivity contribution in [3.63, 3.8) is 0 Å². The maximum Gasteiger partial charge on any atom is 0.254 e. The highest BCUT2D eigenvalue weighted by atomic mass is 35.5. The first-order valence-electron chi connectivity index (χ1n) is 8.06. The first kappa shape index (κ1) is 17.9. The van der Waals surface area contributed by atoms with Crippen LogP contribution < -0.4 is 4.90 Å². The van der Waals surface area contributed by atoms with Gasteiger partial charge in [-0.1, -0.05) is 46.1 Å². The van der Waals surface area contributed by atoms with Crippen LogP contribution in [0.3, 0.4) is 0 Å². The van der Waals surface area contributed by atoms with Crippen LogP contribution in [-0.2, 0) is 0 Å². The van der Waals surface area contributed by atoms with Crippen LogP contribution in [0.2, 0.25) is 15.1 Å². The second-order valence-corrected chi connectivity index (χ2v) is 8.28. The summed E-state index contributed by atoms with van der Waals surface area (Å²) >= 11 is 19.6. The quantitative estimate of drug-likeness (QED) is 0.564. The van der Waals surface area contributed by atoms with Gasteiger partial charge in [-0.05, 0) is 36.4 Å². The van der Waals surface area contributed by atoms with Crippen LogP contribution in [0, 0.1) is 0 Å². The van der Waals surface area contributed by atoms with E-state index < -0.39 is 0 Å². The predicted molar refractivity (Wildman–Crippen MR) is 109 cm³/mol. The van der Waals surface area contributed by atoms with Gasteiger partial charge < -0.3 is 9.80 Å². The molecule has 2 aromatic carbocycles. The molecule has 0 atom stereocenters. The number of nitrogens with zero attached hydrogens (tertiary/aromatic N) is 3. The number of aromatic nitrogens is 1. The molecule has 1 aliphatic rings. The van der Waals surface area contributed by atoms with Gasteiger partial charge in [0.2, 0.25) is 0 Å². The van der Waals surface area contributed by atoms with Gasteiger partial charge in [0.25, 0.3) is 5.91 Å². The Morgan fingerprint density at radius 3 is 2.46 bits per heavy atom. The molecule has 0 unspecified atom stereocenters. The van der Waals surface area contributed by atoms with Crippen molar-refractivity contribution in [1.82, 2.24) is 9.88 Å². The van der Waals surface area contributed by atoms with Crippen molar-refractivity contribution in [2.75, 3.05) is 31.1 Å². The lowest BCUT2D eigenvalue weighted by Gasteiger charge is -2.34.